The predicted octanol–water partition coefficient (Wildman–Crippen LogP) is 2.92. The van der Waals surface area contributed by atoms with Crippen LogP contribution in [0, 0.1) is 11.6 Å². The summed E-state index contributed by atoms with van der Waals surface area (Å²) in [5, 5.41) is 9.23. The fraction of sp³-hybridized carbons (Fsp3) is 0. The first-order chi connectivity index (χ1) is 7.58. The summed E-state index contributed by atoms with van der Waals surface area (Å²) in [7, 11) is 0. The molecule has 0 bridgehead atoms. The summed E-state index contributed by atoms with van der Waals surface area (Å²) in [5.41, 5.74) is 6.83. The number of halogens is 2. The summed E-state index contributed by atoms with van der Waals surface area (Å²) in [5.74, 6) is -1.84. The third-order valence-electron chi connectivity index (χ3n) is 2.28. The minimum atomic E-state index is -0.913. The van der Waals surface area contributed by atoms with E-state index in [0.717, 1.165) is 12.1 Å². The summed E-state index contributed by atoms with van der Waals surface area (Å²) in [6, 6.07) is 8.07. The number of nitrogen functional groups attached to an aromatic ring is 1. The zero-order chi connectivity index (χ0) is 11.7. The normalized spacial score (nSPS) is 10.4. The van der Waals surface area contributed by atoms with Gasteiger partial charge in [-0.05, 0) is 35.4 Å². The SMILES string of the molecule is Nc1cc(-c2ccc(F)c(F)c2)ccc1O. The van der Waals surface area contributed by atoms with Crippen molar-refractivity contribution in [2.75, 3.05) is 5.73 Å². The summed E-state index contributed by atoms with van der Waals surface area (Å²) < 4.78 is 25.7. The minimum absolute atomic E-state index is 0.0358. The summed E-state index contributed by atoms with van der Waals surface area (Å²) >= 11 is 0. The summed E-state index contributed by atoms with van der Waals surface area (Å²) in [4.78, 5) is 0. The molecular weight excluding hydrogens is 212 g/mol. The summed E-state index contributed by atoms with van der Waals surface area (Å²) in [6.45, 7) is 0. The molecule has 0 aromatic heterocycles. The van der Waals surface area contributed by atoms with Crippen LogP contribution in [0.5, 0.6) is 5.75 Å². The molecule has 0 amide bonds. The van der Waals surface area contributed by atoms with E-state index >= 15 is 0 Å². The lowest BCUT2D eigenvalue weighted by molar-refractivity contribution is 0.478. The monoisotopic (exact) mass is 221 g/mol. The first kappa shape index (κ1) is 10.4. The lowest BCUT2D eigenvalue weighted by atomic mass is 10.0. The van der Waals surface area contributed by atoms with Crippen LogP contribution in [-0.2, 0) is 0 Å². The molecule has 4 heteroatoms. The van der Waals surface area contributed by atoms with Gasteiger partial charge in [0.25, 0.3) is 0 Å². The fourth-order valence-electron chi connectivity index (χ4n) is 1.41. The van der Waals surface area contributed by atoms with Crippen LogP contribution in [0.15, 0.2) is 36.4 Å². The number of benzene rings is 2. The fourth-order valence-corrected chi connectivity index (χ4v) is 1.41. The van der Waals surface area contributed by atoms with Crippen molar-refractivity contribution in [2.45, 2.75) is 0 Å². The molecule has 0 aliphatic rings. The number of hydrogen-bond donors (Lipinski definition) is 2. The first-order valence-electron chi connectivity index (χ1n) is 4.62. The Labute approximate surface area is 91.0 Å². The lowest BCUT2D eigenvalue weighted by Gasteiger charge is -2.05. The number of phenols is 1. The van der Waals surface area contributed by atoms with Crippen molar-refractivity contribution in [3.8, 4) is 16.9 Å². The highest BCUT2D eigenvalue weighted by Crippen LogP contribution is 2.28. The van der Waals surface area contributed by atoms with E-state index in [1.807, 2.05) is 0 Å². The Morgan fingerprint density at radius 2 is 1.50 bits per heavy atom. The Bertz CT molecular complexity index is 491. The predicted molar refractivity (Wildman–Crippen MR) is 57.9 cm³/mol. The second kappa shape index (κ2) is 3.81. The van der Waals surface area contributed by atoms with Crippen LogP contribution < -0.4 is 5.73 Å². The lowest BCUT2D eigenvalue weighted by Crippen LogP contribution is -1.88. The molecule has 2 rings (SSSR count). The molecule has 0 saturated carbocycles. The van der Waals surface area contributed by atoms with Crippen molar-refractivity contribution >= 4 is 5.69 Å². The van der Waals surface area contributed by atoms with Crippen LogP contribution >= 0.6 is 0 Å². The van der Waals surface area contributed by atoms with Gasteiger partial charge in [-0.25, -0.2) is 8.78 Å². The quantitative estimate of drug-likeness (QED) is 0.574. The van der Waals surface area contributed by atoms with Gasteiger partial charge in [-0.2, -0.15) is 0 Å². The van der Waals surface area contributed by atoms with Gasteiger partial charge < -0.3 is 10.8 Å². The molecular formula is C12H9F2NO. The van der Waals surface area contributed by atoms with E-state index in [9.17, 15) is 13.9 Å². The van der Waals surface area contributed by atoms with E-state index < -0.39 is 11.6 Å². The van der Waals surface area contributed by atoms with Crippen LogP contribution in [0.1, 0.15) is 0 Å². The van der Waals surface area contributed by atoms with Gasteiger partial charge >= 0.3 is 0 Å². The highest BCUT2D eigenvalue weighted by molar-refractivity contribution is 5.70. The van der Waals surface area contributed by atoms with Crippen molar-refractivity contribution < 1.29 is 13.9 Å². The minimum Gasteiger partial charge on any atom is -0.506 e. The number of hydrogen-bond acceptors (Lipinski definition) is 2. The standard InChI is InChI=1S/C12H9F2NO/c13-9-3-1-7(5-10(9)14)8-2-4-12(16)11(15)6-8/h1-6,16H,15H2. The Balaban J connectivity index is 2.50. The van der Waals surface area contributed by atoms with Crippen LogP contribution in [0.3, 0.4) is 0 Å². The highest BCUT2D eigenvalue weighted by atomic mass is 19.2. The van der Waals surface area contributed by atoms with E-state index in [1.165, 1.54) is 18.2 Å². The molecule has 0 fully saturated rings. The molecule has 0 atom stereocenters. The second-order valence-corrected chi connectivity index (χ2v) is 3.40. The molecule has 0 aliphatic carbocycles. The van der Waals surface area contributed by atoms with E-state index in [2.05, 4.69) is 0 Å². The van der Waals surface area contributed by atoms with Gasteiger partial charge in [0.05, 0.1) is 5.69 Å². The Hall–Kier alpha value is -2.10. The second-order valence-electron chi connectivity index (χ2n) is 3.40. The molecule has 0 aliphatic heterocycles. The molecule has 2 aromatic rings. The molecule has 16 heavy (non-hydrogen) atoms. The summed E-state index contributed by atoms with van der Waals surface area (Å²) in [6.07, 6.45) is 0. The molecule has 2 aromatic carbocycles. The number of phenolic OH excluding ortho intramolecular Hbond substituents is 1. The van der Waals surface area contributed by atoms with Crippen molar-refractivity contribution in [2.24, 2.45) is 0 Å². The highest BCUT2D eigenvalue weighted by Gasteiger charge is 2.05. The van der Waals surface area contributed by atoms with Crippen molar-refractivity contribution in [1.82, 2.24) is 0 Å². The van der Waals surface area contributed by atoms with Crippen LogP contribution in [0.25, 0.3) is 11.1 Å². The zero-order valence-corrected chi connectivity index (χ0v) is 8.24. The number of rotatable bonds is 1. The zero-order valence-electron chi connectivity index (χ0n) is 8.24. The van der Waals surface area contributed by atoms with Gasteiger partial charge in [0, 0.05) is 0 Å². The average molecular weight is 221 g/mol. The molecule has 0 radical (unpaired) electrons. The van der Waals surface area contributed by atoms with E-state index in [-0.39, 0.29) is 11.4 Å². The molecule has 0 saturated heterocycles. The van der Waals surface area contributed by atoms with Crippen molar-refractivity contribution in [1.29, 1.82) is 0 Å². The smallest absolute Gasteiger partial charge is 0.159 e. The molecule has 0 heterocycles. The first-order valence-corrected chi connectivity index (χ1v) is 4.62. The van der Waals surface area contributed by atoms with Crippen LogP contribution in [0.4, 0.5) is 14.5 Å². The van der Waals surface area contributed by atoms with E-state index in [0.29, 0.717) is 11.1 Å². The van der Waals surface area contributed by atoms with Gasteiger partial charge in [-0.1, -0.05) is 12.1 Å². The maximum absolute atomic E-state index is 13.0. The molecule has 0 spiro atoms. The third kappa shape index (κ3) is 1.82. The van der Waals surface area contributed by atoms with Crippen molar-refractivity contribution in [3.63, 3.8) is 0 Å². The number of nitrogens with two attached hydrogens (primary N) is 1. The molecule has 0 unspecified atom stereocenters. The molecule has 3 N–H and O–H groups in total. The van der Waals surface area contributed by atoms with Gasteiger partial charge in [0.15, 0.2) is 11.6 Å². The third-order valence-corrected chi connectivity index (χ3v) is 2.28. The maximum Gasteiger partial charge on any atom is 0.159 e. The Morgan fingerprint density at radius 1 is 0.875 bits per heavy atom. The molecule has 82 valence electrons. The van der Waals surface area contributed by atoms with Gasteiger partial charge in [-0.15, -0.1) is 0 Å². The van der Waals surface area contributed by atoms with Crippen LogP contribution in [-0.4, -0.2) is 5.11 Å². The Kier molecular flexibility index (Phi) is 2.48. The Morgan fingerprint density at radius 3 is 2.12 bits per heavy atom. The van der Waals surface area contributed by atoms with E-state index in [1.54, 1.807) is 6.07 Å². The topological polar surface area (TPSA) is 46.2 Å². The van der Waals surface area contributed by atoms with Gasteiger partial charge in [-0.3, -0.25) is 0 Å². The molecule has 2 nitrogen and oxygen atoms in total. The number of aromatic hydroxyl groups is 1. The average Bonchev–Trinajstić information content (AvgIpc) is 2.26. The van der Waals surface area contributed by atoms with Crippen molar-refractivity contribution in [3.05, 3.63) is 48.0 Å². The van der Waals surface area contributed by atoms with E-state index in [4.69, 9.17) is 5.73 Å². The maximum atomic E-state index is 13.0. The van der Waals surface area contributed by atoms with Gasteiger partial charge in [0.2, 0.25) is 0 Å². The largest absolute Gasteiger partial charge is 0.506 e. The van der Waals surface area contributed by atoms with Crippen LogP contribution in [0.2, 0.25) is 0 Å². The number of anilines is 1. The van der Waals surface area contributed by atoms with Gasteiger partial charge in [0.1, 0.15) is 5.75 Å².